The Morgan fingerprint density at radius 1 is 1.00 bits per heavy atom. The Bertz CT molecular complexity index is 221. The third-order valence-electron chi connectivity index (χ3n) is 3.76. The molecule has 0 saturated heterocycles. The maximum Gasteiger partial charge on any atom is 0.220 e. The second-order valence-electron chi connectivity index (χ2n) is 5.97. The average Bonchev–Trinajstić information content (AvgIpc) is 2.43. The molecule has 0 aliphatic carbocycles. The van der Waals surface area contributed by atoms with E-state index in [4.69, 9.17) is 11.6 Å². The van der Waals surface area contributed by atoms with Crippen molar-refractivity contribution in [2.45, 2.75) is 84.5 Å². The van der Waals surface area contributed by atoms with Crippen LogP contribution in [0.2, 0.25) is 0 Å². The molecule has 0 saturated carbocycles. The predicted molar refractivity (Wildman–Crippen MR) is 89.4 cm³/mol. The number of alkyl halides is 1. The lowest BCUT2D eigenvalue weighted by Crippen LogP contribution is -2.28. The maximum atomic E-state index is 11.6. The van der Waals surface area contributed by atoms with Crippen LogP contribution in [-0.4, -0.2) is 18.3 Å². The fraction of sp³-hybridized carbons (Fsp3) is 0.941. The summed E-state index contributed by atoms with van der Waals surface area (Å²) in [6, 6.07) is 0. The van der Waals surface area contributed by atoms with Gasteiger partial charge >= 0.3 is 0 Å². The van der Waals surface area contributed by atoms with Crippen molar-refractivity contribution >= 4 is 17.5 Å². The summed E-state index contributed by atoms with van der Waals surface area (Å²) >= 11 is 5.67. The highest BCUT2D eigenvalue weighted by Crippen LogP contribution is 2.10. The smallest absolute Gasteiger partial charge is 0.220 e. The summed E-state index contributed by atoms with van der Waals surface area (Å²) < 4.78 is 0. The molecule has 3 heteroatoms. The molecule has 0 aliphatic rings. The number of amides is 1. The van der Waals surface area contributed by atoms with Crippen LogP contribution in [0.1, 0.15) is 84.5 Å². The van der Waals surface area contributed by atoms with Crippen molar-refractivity contribution in [3.05, 3.63) is 0 Å². The minimum atomic E-state index is 0.203. The van der Waals surface area contributed by atoms with E-state index in [1.54, 1.807) is 0 Å². The molecule has 120 valence electrons. The van der Waals surface area contributed by atoms with Gasteiger partial charge in [0.05, 0.1) is 0 Å². The lowest BCUT2D eigenvalue weighted by atomic mass is 10.1. The fourth-order valence-corrected chi connectivity index (χ4v) is 2.63. The highest BCUT2D eigenvalue weighted by atomic mass is 35.5. The Hall–Kier alpha value is -0.240. The molecule has 0 aromatic heterocycles. The minimum absolute atomic E-state index is 0.203. The Morgan fingerprint density at radius 2 is 1.55 bits per heavy atom. The molecule has 20 heavy (non-hydrogen) atoms. The van der Waals surface area contributed by atoms with Crippen molar-refractivity contribution in [1.82, 2.24) is 5.32 Å². The lowest BCUT2D eigenvalue weighted by Gasteiger charge is -2.10. The molecule has 0 spiro atoms. The van der Waals surface area contributed by atoms with Crippen LogP contribution in [0.15, 0.2) is 0 Å². The predicted octanol–water partition coefficient (Wildman–Crippen LogP) is 5.29. The van der Waals surface area contributed by atoms with Gasteiger partial charge in [-0.3, -0.25) is 4.79 Å². The molecule has 1 atom stereocenters. The zero-order valence-corrected chi connectivity index (χ0v) is 14.3. The highest BCUT2D eigenvalue weighted by molar-refractivity contribution is 6.17. The van der Waals surface area contributed by atoms with E-state index in [2.05, 4.69) is 19.2 Å². The van der Waals surface area contributed by atoms with E-state index < -0.39 is 0 Å². The number of hydrogen-bond donors (Lipinski definition) is 1. The van der Waals surface area contributed by atoms with Gasteiger partial charge in [-0.2, -0.15) is 0 Å². The number of rotatable bonds is 14. The van der Waals surface area contributed by atoms with Crippen LogP contribution < -0.4 is 5.32 Å². The molecule has 0 aromatic carbocycles. The summed E-state index contributed by atoms with van der Waals surface area (Å²) in [5.74, 6) is 1.36. The summed E-state index contributed by atoms with van der Waals surface area (Å²) in [5, 5.41) is 2.99. The van der Waals surface area contributed by atoms with E-state index in [0.29, 0.717) is 18.2 Å². The zero-order chi connectivity index (χ0) is 15.1. The van der Waals surface area contributed by atoms with Gasteiger partial charge in [0, 0.05) is 18.8 Å². The average molecular weight is 304 g/mol. The fourth-order valence-electron chi connectivity index (χ4n) is 2.26. The van der Waals surface area contributed by atoms with Crippen molar-refractivity contribution in [1.29, 1.82) is 0 Å². The summed E-state index contributed by atoms with van der Waals surface area (Å²) in [6.45, 7) is 5.14. The Balaban J connectivity index is 3.23. The molecule has 1 unspecified atom stereocenters. The van der Waals surface area contributed by atoms with Gasteiger partial charge in [-0.15, -0.1) is 11.6 Å². The Morgan fingerprint density at radius 3 is 2.10 bits per heavy atom. The molecule has 0 bridgehead atoms. The van der Waals surface area contributed by atoms with E-state index in [-0.39, 0.29) is 5.91 Å². The first-order valence-corrected chi connectivity index (χ1v) is 9.06. The monoisotopic (exact) mass is 303 g/mol. The van der Waals surface area contributed by atoms with Gasteiger partial charge in [-0.25, -0.2) is 0 Å². The first-order valence-electron chi connectivity index (χ1n) is 8.53. The van der Waals surface area contributed by atoms with Crippen molar-refractivity contribution in [2.75, 3.05) is 12.4 Å². The molecule has 1 amide bonds. The lowest BCUT2D eigenvalue weighted by molar-refractivity contribution is -0.121. The normalized spacial score (nSPS) is 12.3. The topological polar surface area (TPSA) is 29.1 Å². The molecular weight excluding hydrogens is 270 g/mol. The second kappa shape index (κ2) is 15.2. The molecule has 2 nitrogen and oxygen atoms in total. The number of halogens is 1. The molecule has 0 aliphatic heterocycles. The van der Waals surface area contributed by atoms with Crippen molar-refractivity contribution < 1.29 is 4.79 Å². The quantitative estimate of drug-likeness (QED) is 0.343. The summed E-state index contributed by atoms with van der Waals surface area (Å²) in [4.78, 5) is 11.6. The largest absolute Gasteiger partial charge is 0.356 e. The first-order chi connectivity index (χ1) is 9.70. The van der Waals surface area contributed by atoms with Gasteiger partial charge in [0.2, 0.25) is 5.91 Å². The number of carbonyl (C=O) groups is 1. The Labute approximate surface area is 131 Å². The van der Waals surface area contributed by atoms with Crippen molar-refractivity contribution in [3.63, 3.8) is 0 Å². The van der Waals surface area contributed by atoms with Crippen molar-refractivity contribution in [3.8, 4) is 0 Å². The van der Waals surface area contributed by atoms with Gasteiger partial charge in [0.25, 0.3) is 0 Å². The van der Waals surface area contributed by atoms with Gasteiger partial charge in [-0.1, -0.05) is 65.2 Å². The number of carbonyl (C=O) groups excluding carboxylic acids is 1. The van der Waals surface area contributed by atoms with Crippen LogP contribution in [0, 0.1) is 5.92 Å². The Kier molecular flexibility index (Phi) is 15.0. The first kappa shape index (κ1) is 19.8. The van der Waals surface area contributed by atoms with Crippen LogP contribution in [0.4, 0.5) is 0 Å². The molecule has 0 rings (SSSR count). The summed E-state index contributed by atoms with van der Waals surface area (Å²) in [7, 11) is 0. The third kappa shape index (κ3) is 14.2. The van der Waals surface area contributed by atoms with Crippen molar-refractivity contribution in [2.24, 2.45) is 5.92 Å². The van der Waals surface area contributed by atoms with Gasteiger partial charge in [0.15, 0.2) is 0 Å². The van der Waals surface area contributed by atoms with Crippen LogP contribution >= 0.6 is 11.6 Å². The van der Waals surface area contributed by atoms with Gasteiger partial charge in [-0.05, 0) is 18.8 Å². The van der Waals surface area contributed by atoms with E-state index in [1.165, 1.54) is 51.4 Å². The molecule has 0 heterocycles. The molecule has 0 radical (unpaired) electrons. The standard InChI is InChI=1S/C17H34ClNO/c1-3-4-5-6-7-8-9-10-11-12-17(20)19-15-16(2)13-14-18/h16H,3-15H2,1-2H3,(H,19,20). The molecular formula is C17H34ClNO. The number of unbranched alkanes of at least 4 members (excludes halogenated alkanes) is 8. The van der Waals surface area contributed by atoms with Crippen LogP contribution in [0.25, 0.3) is 0 Å². The van der Waals surface area contributed by atoms with Gasteiger partial charge in [0.1, 0.15) is 0 Å². The van der Waals surface area contributed by atoms with E-state index >= 15 is 0 Å². The SMILES string of the molecule is CCCCCCCCCCCC(=O)NCC(C)CCCl. The van der Waals surface area contributed by atoms with E-state index in [1.807, 2.05) is 0 Å². The maximum absolute atomic E-state index is 11.6. The zero-order valence-electron chi connectivity index (χ0n) is 13.6. The third-order valence-corrected chi connectivity index (χ3v) is 3.98. The molecule has 0 aromatic rings. The molecule has 1 N–H and O–H groups in total. The van der Waals surface area contributed by atoms with Gasteiger partial charge < -0.3 is 5.32 Å². The van der Waals surface area contributed by atoms with Crippen LogP contribution in [0.5, 0.6) is 0 Å². The molecule has 0 fully saturated rings. The number of hydrogen-bond acceptors (Lipinski definition) is 1. The second-order valence-corrected chi connectivity index (χ2v) is 6.34. The highest BCUT2D eigenvalue weighted by Gasteiger charge is 2.04. The summed E-state index contributed by atoms with van der Waals surface area (Å²) in [5.41, 5.74) is 0. The summed E-state index contributed by atoms with van der Waals surface area (Å²) in [6.07, 6.45) is 13.3. The van der Waals surface area contributed by atoms with E-state index in [0.717, 1.165) is 19.4 Å². The van der Waals surface area contributed by atoms with Crippen LogP contribution in [-0.2, 0) is 4.79 Å². The minimum Gasteiger partial charge on any atom is -0.356 e. The number of nitrogens with one attached hydrogen (secondary N) is 1. The van der Waals surface area contributed by atoms with Crippen LogP contribution in [0.3, 0.4) is 0 Å². The van der Waals surface area contributed by atoms with E-state index in [9.17, 15) is 4.79 Å².